The maximum Gasteiger partial charge on any atom is 0.389 e. The summed E-state index contributed by atoms with van der Waals surface area (Å²) in [6.45, 7) is 1.92. The number of pyridine rings is 1. The van der Waals surface area contributed by atoms with Crippen LogP contribution in [0.3, 0.4) is 0 Å². The van der Waals surface area contributed by atoms with Gasteiger partial charge in [0.25, 0.3) is 0 Å². The van der Waals surface area contributed by atoms with Crippen molar-refractivity contribution in [3.8, 4) is 0 Å². The Hall–Kier alpha value is -2.70. The van der Waals surface area contributed by atoms with E-state index in [0.29, 0.717) is 12.3 Å². The van der Waals surface area contributed by atoms with Crippen LogP contribution >= 0.6 is 0 Å². The minimum atomic E-state index is -4.12. The summed E-state index contributed by atoms with van der Waals surface area (Å²) in [5.74, 6) is 0.580. The number of nitrogens with one attached hydrogen (secondary N) is 1. The first kappa shape index (κ1) is 20.6. The van der Waals surface area contributed by atoms with Crippen LogP contribution in [0.2, 0.25) is 0 Å². The number of hydrogen-bond acceptors (Lipinski definition) is 3. The molecule has 0 aliphatic carbocycles. The predicted octanol–water partition coefficient (Wildman–Crippen LogP) is 5.65. The summed E-state index contributed by atoms with van der Waals surface area (Å²) in [4.78, 5) is 6.89. The van der Waals surface area contributed by atoms with E-state index in [1.807, 2.05) is 17.6 Å². The summed E-state index contributed by atoms with van der Waals surface area (Å²) in [5.41, 5.74) is 5.00. The molecule has 1 fully saturated rings. The highest BCUT2D eigenvalue weighted by Gasteiger charge is 2.27. The van der Waals surface area contributed by atoms with Crippen LogP contribution in [0.4, 0.5) is 24.5 Å². The first-order chi connectivity index (χ1) is 14.5. The van der Waals surface area contributed by atoms with E-state index in [2.05, 4.69) is 51.6 Å². The van der Waals surface area contributed by atoms with E-state index in [0.717, 1.165) is 48.6 Å². The van der Waals surface area contributed by atoms with Gasteiger partial charge in [-0.1, -0.05) is 30.3 Å². The molecule has 1 aliphatic heterocycles. The Morgan fingerprint density at radius 3 is 2.50 bits per heavy atom. The van der Waals surface area contributed by atoms with Gasteiger partial charge in [-0.2, -0.15) is 13.2 Å². The molecule has 30 heavy (non-hydrogen) atoms. The van der Waals surface area contributed by atoms with Crippen molar-refractivity contribution >= 4 is 17.0 Å². The van der Waals surface area contributed by atoms with Gasteiger partial charge in [0.05, 0.1) is 5.69 Å². The highest BCUT2D eigenvalue weighted by molar-refractivity contribution is 5.83. The molecule has 4 rings (SSSR count). The normalized spacial score (nSPS) is 15.7. The second kappa shape index (κ2) is 8.58. The Kier molecular flexibility index (Phi) is 5.88. The number of aromatic nitrogens is 2. The molecule has 7 heteroatoms. The lowest BCUT2D eigenvalue weighted by Gasteiger charge is -2.35. The number of benzene rings is 1. The van der Waals surface area contributed by atoms with E-state index >= 15 is 0 Å². The largest absolute Gasteiger partial charge is 0.389 e. The quantitative estimate of drug-likeness (QED) is 0.564. The molecule has 0 unspecified atom stereocenters. The third-order valence-electron chi connectivity index (χ3n) is 5.98. The van der Waals surface area contributed by atoms with Crippen molar-refractivity contribution in [2.45, 2.75) is 44.2 Å². The molecular weight excluding hydrogens is 389 g/mol. The number of imidazole rings is 1. The maximum absolute atomic E-state index is 12.5. The van der Waals surface area contributed by atoms with Gasteiger partial charge in [-0.3, -0.25) is 0 Å². The molecular formula is C23H27F3N4. The molecule has 0 radical (unpaired) electrons. The molecule has 0 bridgehead atoms. The zero-order valence-electron chi connectivity index (χ0n) is 17.1. The standard InChI is InChI=1S/C23H27F3N4/c1-27-21-20(29-13-9-18(10-14-29)17-6-3-2-4-7-17)11-15-30-19(16-28-22(21)30)8-5-12-23(24,25)26/h2-4,6-7,11,15-16,18,27H,5,8-10,12-14H2,1H3. The predicted molar refractivity (Wildman–Crippen MR) is 114 cm³/mol. The van der Waals surface area contributed by atoms with Crippen molar-refractivity contribution in [3.05, 3.63) is 60.0 Å². The Labute approximate surface area is 174 Å². The Morgan fingerprint density at radius 1 is 1.10 bits per heavy atom. The Bertz CT molecular complexity index is 973. The number of fused-ring (bicyclic) bond motifs is 1. The van der Waals surface area contributed by atoms with Gasteiger partial charge in [0, 0.05) is 44.6 Å². The Morgan fingerprint density at radius 2 is 1.83 bits per heavy atom. The molecule has 160 valence electrons. The van der Waals surface area contributed by atoms with Crippen LogP contribution in [0, 0.1) is 0 Å². The minimum Gasteiger partial charge on any atom is -0.383 e. The number of nitrogens with zero attached hydrogens (tertiary/aromatic N) is 3. The molecule has 0 spiro atoms. The molecule has 1 N–H and O–H groups in total. The number of anilines is 2. The fourth-order valence-electron chi connectivity index (χ4n) is 4.43. The molecule has 0 saturated carbocycles. The van der Waals surface area contributed by atoms with E-state index in [9.17, 15) is 13.2 Å². The van der Waals surface area contributed by atoms with E-state index in [4.69, 9.17) is 0 Å². The molecule has 3 heterocycles. The second-order valence-electron chi connectivity index (χ2n) is 7.91. The number of halogens is 3. The maximum atomic E-state index is 12.5. The molecule has 0 amide bonds. The fourth-order valence-corrected chi connectivity index (χ4v) is 4.43. The first-order valence-electron chi connectivity index (χ1n) is 10.5. The van der Waals surface area contributed by atoms with Crippen LogP contribution in [-0.2, 0) is 6.42 Å². The van der Waals surface area contributed by atoms with Gasteiger partial charge in [-0.05, 0) is 43.2 Å². The molecule has 1 aliphatic rings. The smallest absolute Gasteiger partial charge is 0.383 e. The number of alkyl halides is 3. The average Bonchev–Trinajstić information content (AvgIpc) is 3.16. The van der Waals surface area contributed by atoms with Crippen molar-refractivity contribution in [3.63, 3.8) is 0 Å². The summed E-state index contributed by atoms with van der Waals surface area (Å²) in [5, 5.41) is 3.27. The van der Waals surface area contributed by atoms with E-state index in [-0.39, 0.29) is 6.42 Å². The van der Waals surface area contributed by atoms with E-state index < -0.39 is 12.6 Å². The van der Waals surface area contributed by atoms with Gasteiger partial charge in [0.2, 0.25) is 0 Å². The van der Waals surface area contributed by atoms with Gasteiger partial charge >= 0.3 is 6.18 Å². The summed E-state index contributed by atoms with van der Waals surface area (Å²) < 4.78 is 39.3. The SMILES string of the molecule is CNc1c(N2CCC(c3ccccc3)CC2)ccn2c(CCCC(F)(F)F)cnc12. The van der Waals surface area contributed by atoms with Crippen LogP contribution in [0.5, 0.6) is 0 Å². The zero-order valence-corrected chi connectivity index (χ0v) is 17.1. The minimum absolute atomic E-state index is 0.0704. The molecule has 3 aromatic rings. The van der Waals surface area contributed by atoms with Crippen molar-refractivity contribution in [1.82, 2.24) is 9.38 Å². The van der Waals surface area contributed by atoms with Gasteiger partial charge in [-0.25, -0.2) is 4.98 Å². The number of piperidine rings is 1. The van der Waals surface area contributed by atoms with E-state index in [1.54, 1.807) is 6.20 Å². The molecule has 4 nitrogen and oxygen atoms in total. The second-order valence-corrected chi connectivity index (χ2v) is 7.91. The van der Waals surface area contributed by atoms with Crippen LogP contribution < -0.4 is 10.2 Å². The van der Waals surface area contributed by atoms with Crippen molar-refractivity contribution in [2.24, 2.45) is 0 Å². The monoisotopic (exact) mass is 416 g/mol. The number of aryl methyl sites for hydroxylation is 1. The first-order valence-corrected chi connectivity index (χ1v) is 10.5. The highest BCUT2D eigenvalue weighted by atomic mass is 19.4. The van der Waals surface area contributed by atoms with Crippen LogP contribution in [0.25, 0.3) is 5.65 Å². The fraction of sp³-hybridized carbons (Fsp3) is 0.435. The number of rotatable bonds is 6. The summed E-state index contributed by atoms with van der Waals surface area (Å²) in [7, 11) is 1.87. The van der Waals surface area contributed by atoms with Gasteiger partial charge in [0.15, 0.2) is 5.65 Å². The lowest BCUT2D eigenvalue weighted by atomic mass is 9.89. The van der Waals surface area contributed by atoms with Crippen molar-refractivity contribution in [2.75, 3.05) is 30.4 Å². The van der Waals surface area contributed by atoms with Crippen molar-refractivity contribution in [1.29, 1.82) is 0 Å². The topological polar surface area (TPSA) is 32.6 Å². The highest BCUT2D eigenvalue weighted by Crippen LogP contribution is 2.35. The van der Waals surface area contributed by atoms with Gasteiger partial charge in [-0.15, -0.1) is 0 Å². The van der Waals surface area contributed by atoms with Crippen LogP contribution in [-0.4, -0.2) is 35.7 Å². The third-order valence-corrected chi connectivity index (χ3v) is 5.98. The van der Waals surface area contributed by atoms with Gasteiger partial charge in [0.1, 0.15) is 5.69 Å². The Balaban J connectivity index is 1.50. The zero-order chi connectivity index (χ0) is 21.1. The summed E-state index contributed by atoms with van der Waals surface area (Å²) in [6, 6.07) is 12.7. The lowest BCUT2D eigenvalue weighted by molar-refractivity contribution is -0.135. The van der Waals surface area contributed by atoms with Crippen LogP contribution in [0.1, 0.15) is 42.9 Å². The number of hydrogen-bond donors (Lipinski definition) is 1. The average molecular weight is 416 g/mol. The molecule has 1 saturated heterocycles. The summed E-state index contributed by atoms with van der Waals surface area (Å²) >= 11 is 0. The lowest BCUT2D eigenvalue weighted by Crippen LogP contribution is -2.33. The summed E-state index contributed by atoms with van der Waals surface area (Å²) in [6.07, 6.45) is 1.35. The van der Waals surface area contributed by atoms with Crippen LogP contribution in [0.15, 0.2) is 48.8 Å². The van der Waals surface area contributed by atoms with Crippen molar-refractivity contribution < 1.29 is 13.2 Å². The molecule has 1 aromatic carbocycles. The van der Waals surface area contributed by atoms with E-state index in [1.165, 1.54) is 5.56 Å². The third kappa shape index (κ3) is 4.40. The van der Waals surface area contributed by atoms with Gasteiger partial charge < -0.3 is 14.6 Å². The molecule has 2 aromatic heterocycles. The molecule has 0 atom stereocenters.